The van der Waals surface area contributed by atoms with Crippen LogP contribution in [0.1, 0.15) is 29.8 Å². The van der Waals surface area contributed by atoms with Gasteiger partial charge in [-0.3, -0.25) is 9.59 Å². The summed E-state index contributed by atoms with van der Waals surface area (Å²) in [6.07, 6.45) is 1.60. The fraction of sp³-hybridized carbons (Fsp3) is 0.158. The number of halogens is 1. The molecule has 4 nitrogen and oxygen atoms in total. The smallest absolute Gasteiger partial charge is 0.313 e. The van der Waals surface area contributed by atoms with Crippen molar-refractivity contribution in [3.05, 3.63) is 64.4 Å². The number of ether oxygens (including phenoxy) is 2. The molecule has 0 atom stereocenters. The molecule has 0 radical (unpaired) electrons. The molecule has 0 amide bonds. The summed E-state index contributed by atoms with van der Waals surface area (Å²) >= 11 is 6.10. The highest BCUT2D eigenvalue weighted by molar-refractivity contribution is 6.32. The summed E-state index contributed by atoms with van der Waals surface area (Å²) in [6, 6.07) is 11.9. The van der Waals surface area contributed by atoms with Crippen molar-refractivity contribution in [1.29, 1.82) is 0 Å². The summed E-state index contributed by atoms with van der Waals surface area (Å²) < 4.78 is 10.9. The summed E-state index contributed by atoms with van der Waals surface area (Å²) in [5.74, 6) is 0.0892. The van der Waals surface area contributed by atoms with Crippen LogP contribution < -0.4 is 9.47 Å². The highest BCUT2D eigenvalue weighted by atomic mass is 35.5. The topological polar surface area (TPSA) is 52.6 Å². The van der Waals surface area contributed by atoms with E-state index in [0.717, 1.165) is 0 Å². The van der Waals surface area contributed by atoms with Crippen molar-refractivity contribution in [3.8, 4) is 11.5 Å². The number of fused-ring (bicyclic) bond motifs is 1. The second-order valence-electron chi connectivity index (χ2n) is 5.70. The van der Waals surface area contributed by atoms with Gasteiger partial charge in [0, 0.05) is 11.1 Å². The molecule has 1 aliphatic rings. The minimum Gasteiger partial charge on any atom is -0.452 e. The maximum atomic E-state index is 12.4. The van der Waals surface area contributed by atoms with Gasteiger partial charge in [-0.05, 0) is 29.8 Å². The highest BCUT2D eigenvalue weighted by Gasteiger charge is 2.28. The van der Waals surface area contributed by atoms with Gasteiger partial charge in [-0.2, -0.15) is 0 Å². The zero-order chi connectivity index (χ0) is 17.3. The molecule has 0 aromatic heterocycles. The Hall–Kier alpha value is -2.59. The van der Waals surface area contributed by atoms with Crippen LogP contribution in [0.2, 0.25) is 5.02 Å². The van der Waals surface area contributed by atoms with Crippen molar-refractivity contribution in [2.45, 2.75) is 13.8 Å². The minimum absolute atomic E-state index is 0.186. The molecule has 0 saturated heterocycles. The Morgan fingerprint density at radius 1 is 1.21 bits per heavy atom. The largest absolute Gasteiger partial charge is 0.452 e. The van der Waals surface area contributed by atoms with Crippen LogP contribution in [0, 0.1) is 5.92 Å². The maximum absolute atomic E-state index is 12.4. The Kier molecular flexibility index (Phi) is 4.40. The van der Waals surface area contributed by atoms with Crippen molar-refractivity contribution in [2.75, 3.05) is 0 Å². The highest BCUT2D eigenvalue weighted by Crippen LogP contribution is 2.35. The number of Topliss-reactive ketones (excluding diaryl/α,β-unsaturated/α-hetero) is 1. The van der Waals surface area contributed by atoms with Crippen LogP contribution >= 0.6 is 11.6 Å². The van der Waals surface area contributed by atoms with Gasteiger partial charge in [0.15, 0.2) is 5.76 Å². The van der Waals surface area contributed by atoms with Crippen molar-refractivity contribution in [2.24, 2.45) is 5.92 Å². The third-order valence-electron chi connectivity index (χ3n) is 3.52. The number of carbonyl (C=O) groups is 2. The lowest BCUT2D eigenvalue weighted by Crippen LogP contribution is -2.14. The summed E-state index contributed by atoms with van der Waals surface area (Å²) in [5, 5.41) is 0.531. The molecule has 122 valence electrons. The molecule has 0 bridgehead atoms. The first-order valence-corrected chi connectivity index (χ1v) is 7.88. The van der Waals surface area contributed by atoms with E-state index in [1.165, 1.54) is 0 Å². The quantitative estimate of drug-likeness (QED) is 0.467. The molecule has 0 aliphatic carbocycles. The third-order valence-corrected chi connectivity index (χ3v) is 3.87. The fourth-order valence-electron chi connectivity index (χ4n) is 2.20. The Bertz CT molecular complexity index is 852. The van der Waals surface area contributed by atoms with Crippen LogP contribution in [0.4, 0.5) is 0 Å². The van der Waals surface area contributed by atoms with Crippen molar-refractivity contribution < 1.29 is 19.1 Å². The van der Waals surface area contributed by atoms with Crippen LogP contribution in [0.3, 0.4) is 0 Å². The van der Waals surface area contributed by atoms with E-state index < -0.39 is 0 Å². The summed E-state index contributed by atoms with van der Waals surface area (Å²) in [7, 11) is 0. The molecule has 3 rings (SSSR count). The Morgan fingerprint density at radius 2 is 1.96 bits per heavy atom. The maximum Gasteiger partial charge on any atom is 0.313 e. The van der Waals surface area contributed by atoms with E-state index in [2.05, 4.69) is 0 Å². The molecule has 1 heterocycles. The predicted octanol–water partition coefficient (Wildman–Crippen LogP) is 4.52. The molecule has 24 heavy (non-hydrogen) atoms. The summed E-state index contributed by atoms with van der Waals surface area (Å²) in [4.78, 5) is 24.1. The number of rotatable bonds is 3. The minimum atomic E-state index is -0.342. The van der Waals surface area contributed by atoms with Gasteiger partial charge in [0.05, 0.1) is 11.5 Å². The molecule has 0 spiro atoms. The van der Waals surface area contributed by atoms with Gasteiger partial charge in [-0.25, -0.2) is 0 Å². The van der Waals surface area contributed by atoms with E-state index in [1.807, 2.05) is 12.1 Å². The Morgan fingerprint density at radius 3 is 2.67 bits per heavy atom. The van der Waals surface area contributed by atoms with Crippen LogP contribution in [0.15, 0.2) is 48.2 Å². The SMILES string of the molecule is CC(C)C(=O)Oc1ccc2c(c1)O/C(=C\c1ccccc1Cl)C2=O. The van der Waals surface area contributed by atoms with Gasteiger partial charge in [0.1, 0.15) is 11.5 Å². The van der Waals surface area contributed by atoms with Gasteiger partial charge in [0.25, 0.3) is 0 Å². The monoisotopic (exact) mass is 342 g/mol. The number of esters is 1. The van der Waals surface area contributed by atoms with Crippen LogP contribution in [-0.4, -0.2) is 11.8 Å². The second kappa shape index (κ2) is 6.49. The number of allylic oxidation sites excluding steroid dienone is 1. The van der Waals surface area contributed by atoms with Gasteiger partial charge >= 0.3 is 5.97 Å². The van der Waals surface area contributed by atoms with E-state index in [1.54, 1.807) is 50.3 Å². The summed E-state index contributed by atoms with van der Waals surface area (Å²) in [5.41, 5.74) is 1.12. The van der Waals surface area contributed by atoms with E-state index in [9.17, 15) is 9.59 Å². The first kappa shape index (κ1) is 16.3. The van der Waals surface area contributed by atoms with Crippen molar-refractivity contribution in [1.82, 2.24) is 0 Å². The zero-order valence-electron chi connectivity index (χ0n) is 13.2. The molecule has 2 aromatic carbocycles. The number of benzene rings is 2. The number of carbonyl (C=O) groups excluding carboxylic acids is 2. The fourth-order valence-corrected chi connectivity index (χ4v) is 2.39. The summed E-state index contributed by atoms with van der Waals surface area (Å²) in [6.45, 7) is 3.50. The zero-order valence-corrected chi connectivity index (χ0v) is 14.0. The first-order valence-electron chi connectivity index (χ1n) is 7.50. The average molecular weight is 343 g/mol. The van der Waals surface area contributed by atoms with E-state index in [-0.39, 0.29) is 23.4 Å². The number of ketones is 1. The molecule has 1 aliphatic heterocycles. The first-order chi connectivity index (χ1) is 11.5. The standard InChI is InChI=1S/C19H15ClO4/c1-11(2)19(22)23-13-7-8-14-16(10-13)24-17(18(14)21)9-12-5-3-4-6-15(12)20/h3-11H,1-2H3/b17-9-. The normalized spacial score (nSPS) is 14.7. The van der Waals surface area contributed by atoms with Gasteiger partial charge in [-0.15, -0.1) is 0 Å². The molecular weight excluding hydrogens is 328 g/mol. The van der Waals surface area contributed by atoms with Crippen molar-refractivity contribution >= 4 is 29.4 Å². The lowest BCUT2D eigenvalue weighted by atomic mass is 10.1. The van der Waals surface area contributed by atoms with Crippen LogP contribution in [-0.2, 0) is 4.79 Å². The molecule has 0 saturated carbocycles. The molecule has 0 N–H and O–H groups in total. The lowest BCUT2D eigenvalue weighted by molar-refractivity contribution is -0.137. The second-order valence-corrected chi connectivity index (χ2v) is 6.10. The molecular formula is C19H15ClO4. The van der Waals surface area contributed by atoms with E-state index >= 15 is 0 Å². The van der Waals surface area contributed by atoms with E-state index in [0.29, 0.717) is 27.6 Å². The van der Waals surface area contributed by atoms with Gasteiger partial charge < -0.3 is 9.47 Å². The van der Waals surface area contributed by atoms with Gasteiger partial charge in [-0.1, -0.05) is 43.6 Å². The Labute approximate surface area is 144 Å². The van der Waals surface area contributed by atoms with Crippen LogP contribution in [0.5, 0.6) is 11.5 Å². The predicted molar refractivity (Wildman–Crippen MR) is 91.3 cm³/mol. The lowest BCUT2D eigenvalue weighted by Gasteiger charge is -2.07. The Balaban J connectivity index is 1.88. The van der Waals surface area contributed by atoms with E-state index in [4.69, 9.17) is 21.1 Å². The molecule has 0 fully saturated rings. The molecule has 5 heteroatoms. The molecule has 2 aromatic rings. The van der Waals surface area contributed by atoms with Gasteiger partial charge in [0.2, 0.25) is 5.78 Å². The third kappa shape index (κ3) is 3.19. The molecule has 0 unspecified atom stereocenters. The number of hydrogen-bond donors (Lipinski definition) is 0. The van der Waals surface area contributed by atoms with Crippen LogP contribution in [0.25, 0.3) is 6.08 Å². The average Bonchev–Trinajstić information content (AvgIpc) is 2.85. The van der Waals surface area contributed by atoms with Crippen molar-refractivity contribution in [3.63, 3.8) is 0 Å². The number of hydrogen-bond acceptors (Lipinski definition) is 4.